The summed E-state index contributed by atoms with van der Waals surface area (Å²) in [4.78, 5) is 17.3. The van der Waals surface area contributed by atoms with Gasteiger partial charge in [-0.25, -0.2) is 15.0 Å². The van der Waals surface area contributed by atoms with E-state index in [1.807, 2.05) is 17.0 Å². The van der Waals surface area contributed by atoms with Gasteiger partial charge < -0.3 is 20.3 Å². The number of aromatic nitrogens is 2. The molecule has 0 radical (unpaired) electrons. The second-order valence-electron chi connectivity index (χ2n) is 6.84. The van der Waals surface area contributed by atoms with Crippen molar-refractivity contribution in [1.82, 2.24) is 14.9 Å². The molecular weight excluding hydrogens is 493 g/mol. The highest BCUT2D eigenvalue weighted by atomic mass is 127. The number of rotatable bonds is 5. The van der Waals surface area contributed by atoms with E-state index in [0.717, 1.165) is 44.1 Å². The predicted molar refractivity (Wildman–Crippen MR) is 117 cm³/mol. The van der Waals surface area contributed by atoms with E-state index < -0.39 is 6.61 Å². The van der Waals surface area contributed by atoms with E-state index in [-0.39, 0.29) is 41.7 Å². The van der Waals surface area contributed by atoms with Crippen LogP contribution in [0.15, 0.2) is 47.7 Å². The van der Waals surface area contributed by atoms with Crippen LogP contribution < -0.4 is 15.4 Å². The van der Waals surface area contributed by atoms with Crippen LogP contribution >= 0.6 is 24.0 Å². The first-order valence-corrected chi connectivity index (χ1v) is 9.26. The number of halogens is 3. The van der Waals surface area contributed by atoms with Crippen LogP contribution in [0, 0.1) is 0 Å². The second-order valence-corrected chi connectivity index (χ2v) is 6.84. The van der Waals surface area contributed by atoms with Crippen LogP contribution in [0.25, 0.3) is 0 Å². The van der Waals surface area contributed by atoms with Gasteiger partial charge in [0.1, 0.15) is 5.75 Å². The molecule has 2 aromatic rings. The lowest BCUT2D eigenvalue weighted by atomic mass is 10.1. The Labute approximate surface area is 185 Å². The van der Waals surface area contributed by atoms with Gasteiger partial charge in [0.05, 0.1) is 6.04 Å². The number of hydrogen-bond acceptors (Lipinski definition) is 5. The molecule has 1 aliphatic heterocycles. The lowest BCUT2D eigenvalue weighted by Gasteiger charge is -2.35. The summed E-state index contributed by atoms with van der Waals surface area (Å²) in [6.45, 7) is 0.155. The zero-order valence-electron chi connectivity index (χ0n) is 15.7. The SMILES string of the molecule is I.NC(=N[C@H]1C[C@@H]1c1ccccc1OC(F)F)N1CCN(c2ncccn2)CC1. The fourth-order valence-corrected chi connectivity index (χ4v) is 3.49. The minimum atomic E-state index is -2.84. The van der Waals surface area contributed by atoms with Crippen LogP contribution in [-0.2, 0) is 0 Å². The van der Waals surface area contributed by atoms with Crippen molar-refractivity contribution < 1.29 is 13.5 Å². The van der Waals surface area contributed by atoms with Crippen molar-refractivity contribution in [3.05, 3.63) is 48.3 Å². The number of guanidine groups is 1. The molecule has 2 heterocycles. The molecular formula is C19H23F2IN6O. The summed E-state index contributed by atoms with van der Waals surface area (Å²) in [7, 11) is 0. The number of nitrogens with zero attached hydrogens (tertiary/aromatic N) is 5. The largest absolute Gasteiger partial charge is 0.435 e. The molecule has 0 unspecified atom stereocenters. The quantitative estimate of drug-likeness (QED) is 0.374. The first kappa shape index (κ1) is 21.5. The van der Waals surface area contributed by atoms with Crippen LogP contribution in [-0.4, -0.2) is 59.7 Å². The first-order chi connectivity index (χ1) is 13.6. The average molecular weight is 516 g/mol. The number of ether oxygens (including phenoxy) is 1. The van der Waals surface area contributed by atoms with Crippen LogP contribution in [0.2, 0.25) is 0 Å². The van der Waals surface area contributed by atoms with Gasteiger partial charge in [-0.05, 0) is 24.1 Å². The minimum Gasteiger partial charge on any atom is -0.435 e. The number of nitrogens with two attached hydrogens (primary N) is 1. The molecule has 2 aliphatic rings. The van der Waals surface area contributed by atoms with E-state index in [1.165, 1.54) is 0 Å². The third kappa shape index (κ3) is 5.22. The minimum absolute atomic E-state index is 0. The maximum atomic E-state index is 12.6. The Bertz CT molecular complexity index is 832. The Hall–Kier alpha value is -2.24. The van der Waals surface area contributed by atoms with Crippen molar-refractivity contribution in [2.24, 2.45) is 10.7 Å². The maximum Gasteiger partial charge on any atom is 0.387 e. The molecule has 29 heavy (non-hydrogen) atoms. The molecule has 2 atom stereocenters. The Morgan fingerprint density at radius 3 is 2.48 bits per heavy atom. The number of anilines is 1. The van der Waals surface area contributed by atoms with Crippen molar-refractivity contribution in [3.8, 4) is 5.75 Å². The molecule has 1 saturated carbocycles. The monoisotopic (exact) mass is 516 g/mol. The molecule has 10 heteroatoms. The summed E-state index contributed by atoms with van der Waals surface area (Å²) in [5.41, 5.74) is 6.97. The standard InChI is InChI=1S/C19H22F2N6O.HI/c20-17(21)28-16-5-2-1-4-13(16)14-12-15(14)25-18(22)26-8-10-27(11-9-26)19-23-6-3-7-24-19;/h1-7,14-15,17H,8-12H2,(H2,22,25);1H/t14-,15+;/m1./s1. The molecule has 0 bridgehead atoms. The lowest BCUT2D eigenvalue weighted by Crippen LogP contribution is -2.51. The van der Waals surface area contributed by atoms with Crippen molar-refractivity contribution >= 4 is 35.9 Å². The van der Waals surface area contributed by atoms with Gasteiger partial charge in [0.2, 0.25) is 5.95 Å². The molecule has 1 aromatic carbocycles. The highest BCUT2D eigenvalue weighted by Crippen LogP contribution is 2.47. The topological polar surface area (TPSA) is 79.9 Å². The predicted octanol–water partition coefficient (Wildman–Crippen LogP) is 2.69. The average Bonchev–Trinajstić information content (AvgIpc) is 3.47. The Kier molecular flexibility index (Phi) is 7.04. The molecule has 2 N–H and O–H groups in total. The van der Waals surface area contributed by atoms with Crippen LogP contribution in [0.5, 0.6) is 5.75 Å². The van der Waals surface area contributed by atoms with Crippen molar-refractivity contribution in [2.75, 3.05) is 31.1 Å². The summed E-state index contributed by atoms with van der Waals surface area (Å²) in [6, 6.07) is 8.67. The molecule has 1 aromatic heterocycles. The summed E-state index contributed by atoms with van der Waals surface area (Å²) in [5, 5.41) is 0. The van der Waals surface area contributed by atoms with E-state index in [0.29, 0.717) is 5.96 Å². The highest BCUT2D eigenvalue weighted by molar-refractivity contribution is 14.0. The summed E-state index contributed by atoms with van der Waals surface area (Å²) in [6.07, 6.45) is 4.24. The van der Waals surface area contributed by atoms with Gasteiger partial charge in [-0.3, -0.25) is 0 Å². The number of aliphatic imine (C=N–C) groups is 1. The van der Waals surface area contributed by atoms with Crippen molar-refractivity contribution in [2.45, 2.75) is 25.0 Å². The van der Waals surface area contributed by atoms with Crippen molar-refractivity contribution in [3.63, 3.8) is 0 Å². The Morgan fingerprint density at radius 2 is 1.79 bits per heavy atom. The fraction of sp³-hybridized carbons (Fsp3) is 0.421. The van der Waals surface area contributed by atoms with E-state index in [4.69, 9.17) is 5.73 Å². The number of alkyl halides is 2. The molecule has 7 nitrogen and oxygen atoms in total. The number of para-hydroxylation sites is 1. The zero-order chi connectivity index (χ0) is 19.5. The van der Waals surface area contributed by atoms with E-state index >= 15 is 0 Å². The van der Waals surface area contributed by atoms with Crippen LogP contribution in [0.3, 0.4) is 0 Å². The van der Waals surface area contributed by atoms with E-state index in [1.54, 1.807) is 30.6 Å². The van der Waals surface area contributed by atoms with E-state index in [2.05, 4.69) is 24.6 Å². The molecule has 156 valence electrons. The normalized spacial score (nSPS) is 21.7. The molecule has 2 fully saturated rings. The third-order valence-electron chi connectivity index (χ3n) is 5.03. The first-order valence-electron chi connectivity index (χ1n) is 9.26. The molecule has 4 rings (SSSR count). The van der Waals surface area contributed by atoms with Gasteiger partial charge in [0.15, 0.2) is 5.96 Å². The summed E-state index contributed by atoms with van der Waals surface area (Å²) >= 11 is 0. The highest BCUT2D eigenvalue weighted by Gasteiger charge is 2.41. The van der Waals surface area contributed by atoms with Crippen LogP contribution in [0.1, 0.15) is 17.9 Å². The molecule has 1 aliphatic carbocycles. The third-order valence-corrected chi connectivity index (χ3v) is 5.03. The zero-order valence-corrected chi connectivity index (χ0v) is 18.0. The Morgan fingerprint density at radius 1 is 1.10 bits per heavy atom. The molecule has 0 spiro atoms. The van der Waals surface area contributed by atoms with Gasteiger partial charge in [-0.15, -0.1) is 24.0 Å². The van der Waals surface area contributed by atoms with Crippen LogP contribution in [0.4, 0.5) is 14.7 Å². The lowest BCUT2D eigenvalue weighted by molar-refractivity contribution is -0.0504. The maximum absolute atomic E-state index is 12.6. The molecule has 0 amide bonds. The van der Waals surface area contributed by atoms with E-state index in [9.17, 15) is 8.78 Å². The van der Waals surface area contributed by atoms with Crippen molar-refractivity contribution in [1.29, 1.82) is 0 Å². The molecule has 1 saturated heterocycles. The second kappa shape index (κ2) is 9.51. The van der Waals surface area contributed by atoms with Gasteiger partial charge in [0, 0.05) is 44.5 Å². The summed E-state index contributed by atoms with van der Waals surface area (Å²) in [5.74, 6) is 1.49. The van der Waals surface area contributed by atoms with Gasteiger partial charge >= 0.3 is 6.61 Å². The summed E-state index contributed by atoms with van der Waals surface area (Å²) < 4.78 is 29.8. The van der Waals surface area contributed by atoms with Gasteiger partial charge in [-0.2, -0.15) is 8.78 Å². The number of hydrogen-bond donors (Lipinski definition) is 1. The number of piperazine rings is 1. The fourth-order valence-electron chi connectivity index (χ4n) is 3.49. The Balaban J connectivity index is 0.00000240. The van der Waals surface area contributed by atoms with Gasteiger partial charge in [-0.1, -0.05) is 18.2 Å². The number of benzene rings is 1. The smallest absolute Gasteiger partial charge is 0.387 e. The van der Waals surface area contributed by atoms with Gasteiger partial charge in [0.25, 0.3) is 0 Å².